The van der Waals surface area contributed by atoms with Crippen molar-refractivity contribution in [1.82, 2.24) is 24.3 Å². The Morgan fingerprint density at radius 2 is 1.61 bits per heavy atom. The van der Waals surface area contributed by atoms with Crippen LogP contribution in [0.3, 0.4) is 0 Å². The van der Waals surface area contributed by atoms with Crippen molar-refractivity contribution in [2.24, 2.45) is 0 Å². The van der Waals surface area contributed by atoms with Gasteiger partial charge in [0.25, 0.3) is 21.6 Å². The third-order valence-electron chi connectivity index (χ3n) is 13.1. The molecule has 3 fully saturated rings. The minimum absolute atomic E-state index is 0.139. The number of fused-ring (bicyclic) bond motifs is 2. The summed E-state index contributed by atoms with van der Waals surface area (Å²) in [6.45, 7) is 12.6. The van der Waals surface area contributed by atoms with Crippen LogP contribution in [0.15, 0.2) is 125 Å². The van der Waals surface area contributed by atoms with E-state index < -0.39 is 32.1 Å². The van der Waals surface area contributed by atoms with E-state index in [2.05, 4.69) is 55.1 Å². The fourth-order valence-electron chi connectivity index (χ4n) is 9.47. The van der Waals surface area contributed by atoms with Crippen molar-refractivity contribution in [2.75, 3.05) is 75.9 Å². The van der Waals surface area contributed by atoms with Crippen molar-refractivity contribution in [3.05, 3.63) is 147 Å². The first kappa shape index (κ1) is 51.7. The second-order valence-electron chi connectivity index (χ2n) is 19.8. The quantitative estimate of drug-likeness (QED) is 0.0487. The van der Waals surface area contributed by atoms with Crippen LogP contribution in [-0.2, 0) is 27.8 Å². The molecule has 5 aromatic rings. The van der Waals surface area contributed by atoms with Gasteiger partial charge in [-0.15, -0.1) is 11.8 Å². The summed E-state index contributed by atoms with van der Waals surface area (Å²) in [6, 6.07) is 35.3. The predicted octanol–water partition coefficient (Wildman–Crippen LogP) is 9.07. The standard InChI is InChI=1S/C53H63ClN8O7S2/c1-53(2,3)69-52(64)61-35-44-30-45(61)34-60(44)32-37-11-21-48(38-12-16-41(54)17-13-38)40(29-37)33-58-25-27-59(28-26-58)43-18-14-39(15-19-43)51(63)56-71(67,68)47-20-22-49(50(31-47)62(65)66)55-42(23-24-57(4)5)36-70-46-9-7-6-8-10-46/h6-22,29,31,42,44-45,55H,23-28,30,32-36H2,1-5H3,(H,56,63)/t42-,44?,45?/m1/s1. The molecular formula is C53H63ClN8O7S2. The number of carbonyl (C=O) groups excluding carboxylic acids is 2. The van der Waals surface area contributed by atoms with Crippen LogP contribution < -0.4 is 14.9 Å². The van der Waals surface area contributed by atoms with Crippen LogP contribution in [-0.4, -0.2) is 134 Å². The van der Waals surface area contributed by atoms with Gasteiger partial charge in [-0.3, -0.25) is 24.7 Å². The number of hydrogen-bond acceptors (Lipinski definition) is 13. The molecule has 3 heterocycles. The monoisotopic (exact) mass is 1020 g/mol. The molecule has 18 heteroatoms. The van der Waals surface area contributed by atoms with Gasteiger partial charge in [0, 0.05) is 103 Å². The number of halogens is 1. The number of rotatable bonds is 18. The van der Waals surface area contributed by atoms with Crippen molar-refractivity contribution in [3.8, 4) is 11.1 Å². The highest BCUT2D eigenvalue weighted by molar-refractivity contribution is 7.99. The van der Waals surface area contributed by atoms with Gasteiger partial charge in [0.15, 0.2) is 0 Å². The van der Waals surface area contributed by atoms with Crippen LogP contribution in [0, 0.1) is 10.1 Å². The second kappa shape index (κ2) is 22.4. The lowest BCUT2D eigenvalue weighted by Gasteiger charge is -2.37. The summed E-state index contributed by atoms with van der Waals surface area (Å²) >= 11 is 7.92. The SMILES string of the molecule is CN(C)CC[C@H](CSc1ccccc1)Nc1ccc(S(=O)(=O)NC(=O)c2ccc(N3CCN(Cc4cc(CN5CC6CC5CN6C(=O)OC(C)(C)C)ccc4-c4ccc(Cl)cc4)CC3)cc2)cc1[N+](=O)[O-]. The van der Waals surface area contributed by atoms with Gasteiger partial charge < -0.3 is 24.8 Å². The molecule has 3 aliphatic heterocycles. The third-order valence-corrected chi connectivity index (χ3v) is 15.9. The molecule has 2 N–H and O–H groups in total. The molecule has 3 aliphatic rings. The molecule has 3 atom stereocenters. The number of anilines is 2. The molecule has 2 bridgehead atoms. The van der Waals surface area contributed by atoms with Gasteiger partial charge in [-0.25, -0.2) is 17.9 Å². The maximum absolute atomic E-state index is 13.5. The number of amides is 2. The lowest BCUT2D eigenvalue weighted by molar-refractivity contribution is -0.384. The summed E-state index contributed by atoms with van der Waals surface area (Å²) in [7, 11) is -0.551. The van der Waals surface area contributed by atoms with Gasteiger partial charge in [0.1, 0.15) is 11.3 Å². The van der Waals surface area contributed by atoms with Gasteiger partial charge in [-0.2, -0.15) is 0 Å². The Balaban J connectivity index is 0.875. The van der Waals surface area contributed by atoms with E-state index in [1.54, 1.807) is 23.9 Å². The van der Waals surface area contributed by atoms with Crippen LogP contribution in [0.4, 0.5) is 21.9 Å². The van der Waals surface area contributed by atoms with Gasteiger partial charge in [-0.1, -0.05) is 60.1 Å². The summed E-state index contributed by atoms with van der Waals surface area (Å²) < 4.78 is 34.8. The number of likely N-dealkylation sites (tertiary alicyclic amines) is 2. The first-order chi connectivity index (χ1) is 33.9. The average molecular weight is 1020 g/mol. The molecule has 3 saturated heterocycles. The van der Waals surface area contributed by atoms with Crippen LogP contribution >= 0.6 is 23.4 Å². The van der Waals surface area contributed by atoms with E-state index in [1.807, 2.05) is 99.3 Å². The smallest absolute Gasteiger partial charge is 0.410 e. The maximum atomic E-state index is 13.5. The molecule has 15 nitrogen and oxygen atoms in total. The number of nitro groups is 1. The molecule has 0 aliphatic carbocycles. The molecule has 0 saturated carbocycles. The summed E-state index contributed by atoms with van der Waals surface area (Å²) in [4.78, 5) is 49.7. The number of sulfonamides is 1. The fraction of sp³-hybridized carbons (Fsp3) is 0.396. The predicted molar refractivity (Wildman–Crippen MR) is 282 cm³/mol. The van der Waals surface area contributed by atoms with E-state index in [9.17, 15) is 28.1 Å². The zero-order valence-electron chi connectivity index (χ0n) is 40.9. The largest absolute Gasteiger partial charge is 0.444 e. The van der Waals surface area contributed by atoms with Crippen molar-refractivity contribution in [3.63, 3.8) is 0 Å². The number of nitro benzene ring substituents is 1. The number of hydrogen-bond donors (Lipinski definition) is 2. The van der Waals surface area contributed by atoms with E-state index in [0.717, 1.165) is 86.6 Å². The Morgan fingerprint density at radius 1 is 0.887 bits per heavy atom. The van der Waals surface area contributed by atoms with Crippen LogP contribution in [0.25, 0.3) is 11.1 Å². The van der Waals surface area contributed by atoms with E-state index in [1.165, 1.54) is 23.3 Å². The molecule has 2 amide bonds. The summed E-state index contributed by atoms with van der Waals surface area (Å²) in [5.74, 6) is -0.212. The highest BCUT2D eigenvalue weighted by Crippen LogP contribution is 2.35. The summed E-state index contributed by atoms with van der Waals surface area (Å²) in [6.07, 6.45) is 1.42. The molecule has 376 valence electrons. The molecule has 5 aromatic carbocycles. The van der Waals surface area contributed by atoms with Crippen molar-refractivity contribution in [1.29, 1.82) is 0 Å². The Labute approximate surface area is 426 Å². The van der Waals surface area contributed by atoms with Gasteiger partial charge >= 0.3 is 6.09 Å². The molecule has 8 rings (SSSR count). The number of nitrogens with one attached hydrogen (secondary N) is 2. The van der Waals surface area contributed by atoms with Crippen molar-refractivity contribution >= 4 is 62.4 Å². The van der Waals surface area contributed by atoms with E-state index in [0.29, 0.717) is 29.8 Å². The molecule has 0 aromatic heterocycles. The third kappa shape index (κ3) is 13.4. The fourth-order valence-corrected chi connectivity index (χ4v) is 11.6. The Bertz CT molecular complexity index is 2790. The lowest BCUT2D eigenvalue weighted by Crippen LogP contribution is -2.49. The zero-order chi connectivity index (χ0) is 50.5. The number of nitrogens with zero attached hydrogens (tertiary/aromatic N) is 6. The van der Waals surface area contributed by atoms with E-state index >= 15 is 0 Å². The Kier molecular flexibility index (Phi) is 16.3. The molecular weight excluding hydrogens is 960 g/mol. The van der Waals surface area contributed by atoms with Crippen molar-refractivity contribution in [2.45, 2.75) is 80.2 Å². The van der Waals surface area contributed by atoms with Gasteiger partial charge in [0.2, 0.25) is 0 Å². The first-order valence-corrected chi connectivity index (χ1v) is 26.9. The highest BCUT2D eigenvalue weighted by Gasteiger charge is 2.46. The summed E-state index contributed by atoms with van der Waals surface area (Å²) in [5.41, 5.74) is 5.02. The molecule has 71 heavy (non-hydrogen) atoms. The number of thioether (sulfide) groups is 1. The molecule has 0 spiro atoms. The van der Waals surface area contributed by atoms with Crippen LogP contribution in [0.1, 0.15) is 55.1 Å². The summed E-state index contributed by atoms with van der Waals surface area (Å²) in [5, 5.41) is 16.3. The minimum Gasteiger partial charge on any atom is -0.444 e. The second-order valence-corrected chi connectivity index (χ2v) is 23.1. The zero-order valence-corrected chi connectivity index (χ0v) is 43.3. The number of benzene rings is 5. The number of carbonyl (C=O) groups is 2. The average Bonchev–Trinajstić information content (AvgIpc) is 3.94. The molecule has 2 unspecified atom stereocenters. The minimum atomic E-state index is -4.47. The van der Waals surface area contributed by atoms with Crippen LogP contribution in [0.5, 0.6) is 0 Å². The number of piperazine rings is 2. The Morgan fingerprint density at radius 3 is 2.25 bits per heavy atom. The maximum Gasteiger partial charge on any atom is 0.410 e. The topological polar surface area (TPSA) is 161 Å². The normalized spacial score (nSPS) is 17.9. The lowest BCUT2D eigenvalue weighted by atomic mass is 9.96. The molecule has 0 radical (unpaired) electrons. The van der Waals surface area contributed by atoms with Gasteiger partial charge in [-0.05, 0) is 137 Å². The van der Waals surface area contributed by atoms with E-state index in [4.69, 9.17) is 16.3 Å². The number of ether oxygens (including phenoxy) is 1. The van der Waals surface area contributed by atoms with Crippen molar-refractivity contribution < 1.29 is 27.7 Å². The van der Waals surface area contributed by atoms with Crippen LogP contribution in [0.2, 0.25) is 5.02 Å². The highest BCUT2D eigenvalue weighted by atomic mass is 35.5. The van der Waals surface area contributed by atoms with E-state index in [-0.39, 0.29) is 34.3 Å². The Hall–Kier alpha value is -5.69. The van der Waals surface area contributed by atoms with Gasteiger partial charge in [0.05, 0.1) is 9.82 Å². The first-order valence-electron chi connectivity index (χ1n) is 24.0.